The molecule has 0 aliphatic heterocycles. The lowest BCUT2D eigenvalue weighted by Crippen LogP contribution is -2.25. The predicted molar refractivity (Wildman–Crippen MR) is 129 cm³/mol. The molecule has 0 atom stereocenters. The Morgan fingerprint density at radius 1 is 0.882 bits per heavy atom. The first-order chi connectivity index (χ1) is 16.2. The van der Waals surface area contributed by atoms with Gasteiger partial charge in [-0.05, 0) is 68.7 Å². The summed E-state index contributed by atoms with van der Waals surface area (Å²) in [6.07, 6.45) is 1.23. The molecule has 1 amide bonds. The van der Waals surface area contributed by atoms with Crippen molar-refractivity contribution in [1.29, 1.82) is 0 Å². The van der Waals surface area contributed by atoms with Crippen molar-refractivity contribution in [1.82, 2.24) is 10.2 Å². The Balaban J connectivity index is 1.72. The van der Waals surface area contributed by atoms with E-state index in [-0.39, 0.29) is 11.5 Å². The molecule has 0 saturated heterocycles. The summed E-state index contributed by atoms with van der Waals surface area (Å²) in [5, 5.41) is 10.5. The maximum absolute atomic E-state index is 13.3. The van der Waals surface area contributed by atoms with E-state index in [1.807, 2.05) is 55.5 Å². The first-order valence-electron chi connectivity index (χ1n) is 10.8. The third kappa shape index (κ3) is 5.20. The van der Waals surface area contributed by atoms with Crippen molar-refractivity contribution in [3.63, 3.8) is 0 Å². The van der Waals surface area contributed by atoms with Crippen LogP contribution < -0.4 is 5.32 Å². The number of anilines is 1. The highest BCUT2D eigenvalue weighted by Crippen LogP contribution is 2.29. The van der Waals surface area contributed by atoms with Gasteiger partial charge in [0.05, 0.1) is 11.3 Å². The Morgan fingerprint density at radius 3 is 2.29 bits per heavy atom. The minimum atomic E-state index is -0.675. The van der Waals surface area contributed by atoms with Crippen LogP contribution in [0.2, 0.25) is 0 Å². The van der Waals surface area contributed by atoms with Gasteiger partial charge < -0.3 is 14.5 Å². The fourth-order valence-electron chi connectivity index (χ4n) is 3.46. The van der Waals surface area contributed by atoms with Gasteiger partial charge in [0.2, 0.25) is 12.3 Å². The van der Waals surface area contributed by atoms with E-state index in [0.717, 1.165) is 16.7 Å². The molecule has 172 valence electrons. The van der Waals surface area contributed by atoms with Gasteiger partial charge in [0.25, 0.3) is 5.91 Å². The Kier molecular flexibility index (Phi) is 6.27. The fourth-order valence-corrected chi connectivity index (χ4v) is 3.46. The highest BCUT2D eigenvalue weighted by atomic mass is 16.6. The van der Waals surface area contributed by atoms with Gasteiger partial charge in [-0.2, -0.15) is 0 Å². The first-order valence-corrected chi connectivity index (χ1v) is 10.8. The molecule has 7 nitrogen and oxygen atoms in total. The van der Waals surface area contributed by atoms with Crippen LogP contribution in [0.15, 0.2) is 77.5 Å². The Morgan fingerprint density at radius 2 is 1.62 bits per heavy atom. The quantitative estimate of drug-likeness (QED) is 0.375. The van der Waals surface area contributed by atoms with Crippen LogP contribution in [-0.4, -0.2) is 27.7 Å². The molecule has 3 aromatic carbocycles. The van der Waals surface area contributed by atoms with Gasteiger partial charge in [-0.1, -0.05) is 42.5 Å². The van der Waals surface area contributed by atoms with Crippen LogP contribution in [0, 0.1) is 6.92 Å². The number of hydrogen-bond donors (Lipinski definition) is 1. The maximum Gasteiger partial charge on any atom is 0.340 e. The van der Waals surface area contributed by atoms with Crippen molar-refractivity contribution in [2.75, 3.05) is 5.32 Å². The number of nitrogens with one attached hydrogen (secondary N) is 1. The summed E-state index contributed by atoms with van der Waals surface area (Å²) in [5.74, 6) is -0.567. The van der Waals surface area contributed by atoms with Gasteiger partial charge in [0.15, 0.2) is 0 Å². The molecular weight excluding hydrogens is 430 g/mol. The van der Waals surface area contributed by atoms with Crippen molar-refractivity contribution in [2.24, 2.45) is 0 Å². The van der Waals surface area contributed by atoms with Gasteiger partial charge in [-0.3, -0.25) is 4.79 Å². The molecule has 0 saturated carbocycles. The summed E-state index contributed by atoms with van der Waals surface area (Å²) in [7, 11) is 0. The van der Waals surface area contributed by atoms with Crippen LogP contribution >= 0.6 is 0 Å². The van der Waals surface area contributed by atoms with Gasteiger partial charge in [-0.15, -0.1) is 10.2 Å². The summed E-state index contributed by atoms with van der Waals surface area (Å²) in [5.41, 5.74) is 3.60. The summed E-state index contributed by atoms with van der Waals surface area (Å²) in [6, 6.07) is 20.3. The maximum atomic E-state index is 13.3. The molecule has 0 spiro atoms. The van der Waals surface area contributed by atoms with Gasteiger partial charge >= 0.3 is 5.97 Å². The van der Waals surface area contributed by atoms with Crippen LogP contribution in [0.5, 0.6) is 0 Å². The van der Waals surface area contributed by atoms with Crippen molar-refractivity contribution >= 4 is 17.6 Å². The molecule has 0 bridgehead atoms. The van der Waals surface area contributed by atoms with Crippen LogP contribution in [0.4, 0.5) is 5.69 Å². The van der Waals surface area contributed by atoms with E-state index in [2.05, 4.69) is 15.5 Å². The molecule has 34 heavy (non-hydrogen) atoms. The van der Waals surface area contributed by atoms with E-state index in [4.69, 9.17) is 9.15 Å². The van der Waals surface area contributed by atoms with E-state index < -0.39 is 11.6 Å². The number of carbonyl (C=O) groups excluding carboxylic acids is 2. The summed E-state index contributed by atoms with van der Waals surface area (Å²) in [6.45, 7) is 7.23. The van der Waals surface area contributed by atoms with Crippen molar-refractivity contribution in [2.45, 2.75) is 33.3 Å². The number of ether oxygens (including phenoxy) is 1. The molecule has 4 rings (SSSR count). The zero-order chi connectivity index (χ0) is 24.3. The molecule has 0 aliphatic rings. The normalized spacial score (nSPS) is 11.2. The van der Waals surface area contributed by atoms with Crippen molar-refractivity contribution in [3.8, 4) is 22.6 Å². The largest absolute Gasteiger partial charge is 0.456 e. The number of aryl methyl sites for hydroxylation is 1. The van der Waals surface area contributed by atoms with E-state index >= 15 is 0 Å². The Bertz CT molecular complexity index is 1320. The molecule has 7 heteroatoms. The summed E-state index contributed by atoms with van der Waals surface area (Å²) < 4.78 is 10.8. The van der Waals surface area contributed by atoms with Crippen LogP contribution in [0.25, 0.3) is 22.6 Å². The van der Waals surface area contributed by atoms with E-state index in [1.54, 1.807) is 39.0 Å². The third-order valence-corrected chi connectivity index (χ3v) is 5.08. The van der Waals surface area contributed by atoms with E-state index in [0.29, 0.717) is 22.7 Å². The molecule has 1 heterocycles. The second-order valence-electron chi connectivity index (χ2n) is 8.86. The Labute approximate surface area is 197 Å². The lowest BCUT2D eigenvalue weighted by atomic mass is 10.0. The number of hydrogen-bond acceptors (Lipinski definition) is 6. The first kappa shape index (κ1) is 22.9. The molecule has 4 aromatic rings. The average Bonchev–Trinajstić information content (AvgIpc) is 3.33. The number of carbonyl (C=O) groups is 2. The van der Waals surface area contributed by atoms with Crippen LogP contribution in [0.3, 0.4) is 0 Å². The topological polar surface area (TPSA) is 94.3 Å². The number of amides is 1. The van der Waals surface area contributed by atoms with Crippen LogP contribution in [0.1, 0.15) is 47.1 Å². The van der Waals surface area contributed by atoms with Gasteiger partial charge in [0.1, 0.15) is 5.60 Å². The zero-order valence-electron chi connectivity index (χ0n) is 19.5. The molecule has 0 unspecified atom stereocenters. The lowest BCUT2D eigenvalue weighted by molar-refractivity contribution is 0.00708. The van der Waals surface area contributed by atoms with Gasteiger partial charge in [0, 0.05) is 11.1 Å². The van der Waals surface area contributed by atoms with Crippen LogP contribution in [-0.2, 0) is 4.74 Å². The SMILES string of the molecule is Cc1ccc(-c2nnco2)cc1C(=O)Nc1cc(-c2ccccc2)ccc1C(=O)OC(C)(C)C. The van der Waals surface area contributed by atoms with Crippen molar-refractivity contribution < 1.29 is 18.7 Å². The number of esters is 1. The molecular formula is C27H25N3O4. The minimum Gasteiger partial charge on any atom is -0.456 e. The van der Waals surface area contributed by atoms with E-state index in [1.165, 1.54) is 6.39 Å². The third-order valence-electron chi connectivity index (χ3n) is 5.08. The summed E-state index contributed by atoms with van der Waals surface area (Å²) in [4.78, 5) is 26.3. The smallest absolute Gasteiger partial charge is 0.340 e. The number of aromatic nitrogens is 2. The van der Waals surface area contributed by atoms with Gasteiger partial charge in [-0.25, -0.2) is 4.79 Å². The zero-order valence-corrected chi connectivity index (χ0v) is 19.5. The highest BCUT2D eigenvalue weighted by molar-refractivity contribution is 6.09. The summed E-state index contributed by atoms with van der Waals surface area (Å²) >= 11 is 0. The van der Waals surface area contributed by atoms with E-state index in [9.17, 15) is 9.59 Å². The Hall–Kier alpha value is -4.26. The standard InChI is InChI=1S/C27H25N3O4/c1-17-10-11-20(25-30-28-16-33-25)14-22(17)24(31)29-23-15-19(18-8-6-5-7-9-18)12-13-21(23)26(32)34-27(2,3)4/h5-16H,1-4H3,(H,29,31). The molecule has 0 radical (unpaired) electrons. The average molecular weight is 456 g/mol. The predicted octanol–water partition coefficient (Wildman–Crippen LogP) is 5.92. The number of nitrogens with zero attached hydrogens (tertiary/aromatic N) is 2. The highest BCUT2D eigenvalue weighted by Gasteiger charge is 2.23. The van der Waals surface area contributed by atoms with Crippen molar-refractivity contribution in [3.05, 3.63) is 89.8 Å². The second kappa shape index (κ2) is 9.31. The lowest BCUT2D eigenvalue weighted by Gasteiger charge is -2.21. The number of rotatable bonds is 5. The molecule has 0 fully saturated rings. The monoisotopic (exact) mass is 455 g/mol. The fraction of sp³-hybridized carbons (Fsp3) is 0.185. The minimum absolute atomic E-state index is 0.272. The molecule has 1 aromatic heterocycles. The molecule has 0 aliphatic carbocycles. The number of benzene rings is 3. The molecule has 1 N–H and O–H groups in total. The second-order valence-corrected chi connectivity index (χ2v) is 8.86.